The van der Waals surface area contributed by atoms with Crippen molar-refractivity contribution in [2.24, 2.45) is 11.3 Å². The summed E-state index contributed by atoms with van der Waals surface area (Å²) >= 11 is 0. The number of piperidine rings is 1. The zero-order chi connectivity index (χ0) is 20.9. The molecule has 2 rings (SSSR count). The molecule has 1 saturated heterocycles. The van der Waals surface area contributed by atoms with Crippen LogP contribution >= 0.6 is 0 Å². The Morgan fingerprint density at radius 1 is 1.14 bits per heavy atom. The van der Waals surface area contributed by atoms with Crippen LogP contribution in [0.15, 0.2) is 12.4 Å². The van der Waals surface area contributed by atoms with Crippen LogP contribution < -0.4 is 10.6 Å². The minimum Gasteiger partial charge on any atom is -0.348 e. The molecule has 2 heterocycles. The average molecular weight is 390 g/mol. The molecule has 0 aromatic carbocycles. The molecule has 0 spiro atoms. The molecule has 0 radical (unpaired) electrons. The summed E-state index contributed by atoms with van der Waals surface area (Å²) in [5, 5.41) is 5.64. The summed E-state index contributed by atoms with van der Waals surface area (Å²) in [6, 6.07) is -0.0382. The van der Waals surface area contributed by atoms with Crippen molar-refractivity contribution in [3.05, 3.63) is 18.1 Å². The van der Waals surface area contributed by atoms with E-state index in [9.17, 15) is 14.4 Å². The molecule has 3 amide bonds. The van der Waals surface area contributed by atoms with Gasteiger partial charge in [-0.1, -0.05) is 34.6 Å². The van der Waals surface area contributed by atoms with E-state index < -0.39 is 5.41 Å². The molecule has 8 nitrogen and oxygen atoms in total. The van der Waals surface area contributed by atoms with E-state index in [1.54, 1.807) is 20.8 Å². The molecular weight excluding hydrogens is 358 g/mol. The summed E-state index contributed by atoms with van der Waals surface area (Å²) in [4.78, 5) is 47.1. The third-order valence-electron chi connectivity index (χ3n) is 4.59. The Bertz CT molecular complexity index is 719. The molecule has 0 unspecified atom stereocenters. The normalized spacial score (nSPS) is 15.4. The van der Waals surface area contributed by atoms with Gasteiger partial charge in [0.1, 0.15) is 0 Å². The van der Waals surface area contributed by atoms with Crippen LogP contribution in [0.5, 0.6) is 0 Å². The molecule has 1 aliphatic heterocycles. The molecule has 28 heavy (non-hydrogen) atoms. The number of nitrogens with zero attached hydrogens (tertiary/aromatic N) is 3. The third-order valence-corrected chi connectivity index (χ3v) is 4.59. The lowest BCUT2D eigenvalue weighted by Gasteiger charge is -2.32. The SMILES string of the molecule is CC(C)CC(=O)N1CCC(NC(=O)c2nccnc2NC(=O)C(C)(C)C)CC1. The predicted molar refractivity (Wildman–Crippen MR) is 107 cm³/mol. The van der Waals surface area contributed by atoms with Gasteiger partial charge in [0.2, 0.25) is 11.8 Å². The minimum atomic E-state index is -0.610. The highest BCUT2D eigenvalue weighted by atomic mass is 16.2. The number of likely N-dealkylation sites (tertiary alicyclic amines) is 1. The van der Waals surface area contributed by atoms with Crippen molar-refractivity contribution in [1.29, 1.82) is 0 Å². The molecular formula is C20H31N5O3. The van der Waals surface area contributed by atoms with Crippen molar-refractivity contribution in [3.8, 4) is 0 Å². The maximum atomic E-state index is 12.7. The van der Waals surface area contributed by atoms with Crippen molar-refractivity contribution in [2.75, 3.05) is 18.4 Å². The van der Waals surface area contributed by atoms with Gasteiger partial charge >= 0.3 is 0 Å². The lowest BCUT2D eigenvalue weighted by molar-refractivity contribution is -0.133. The Morgan fingerprint density at radius 3 is 2.32 bits per heavy atom. The second kappa shape index (κ2) is 9.12. The number of anilines is 1. The van der Waals surface area contributed by atoms with Crippen molar-refractivity contribution in [2.45, 2.75) is 59.9 Å². The summed E-state index contributed by atoms with van der Waals surface area (Å²) in [5.41, 5.74) is -0.515. The highest BCUT2D eigenvalue weighted by Crippen LogP contribution is 2.19. The lowest BCUT2D eigenvalue weighted by atomic mass is 9.96. The van der Waals surface area contributed by atoms with Crippen LogP contribution in [0, 0.1) is 11.3 Å². The Morgan fingerprint density at radius 2 is 1.75 bits per heavy atom. The van der Waals surface area contributed by atoms with E-state index in [4.69, 9.17) is 0 Å². The van der Waals surface area contributed by atoms with Gasteiger partial charge in [-0.25, -0.2) is 9.97 Å². The Hall–Kier alpha value is -2.51. The van der Waals surface area contributed by atoms with Gasteiger partial charge in [-0.15, -0.1) is 0 Å². The van der Waals surface area contributed by atoms with Crippen molar-refractivity contribution >= 4 is 23.5 Å². The number of carbonyl (C=O) groups is 3. The van der Waals surface area contributed by atoms with Crippen LogP contribution in [0.2, 0.25) is 0 Å². The van der Waals surface area contributed by atoms with Crippen LogP contribution in [-0.4, -0.2) is 51.7 Å². The molecule has 8 heteroatoms. The Kier molecular flexibility index (Phi) is 7.10. The second-order valence-corrected chi connectivity index (χ2v) is 8.68. The van der Waals surface area contributed by atoms with E-state index in [0.29, 0.717) is 38.3 Å². The lowest BCUT2D eigenvalue weighted by Crippen LogP contribution is -2.47. The van der Waals surface area contributed by atoms with Crippen molar-refractivity contribution in [3.63, 3.8) is 0 Å². The van der Waals surface area contributed by atoms with E-state index in [1.165, 1.54) is 12.4 Å². The summed E-state index contributed by atoms with van der Waals surface area (Å²) < 4.78 is 0. The van der Waals surface area contributed by atoms with Crippen LogP contribution in [-0.2, 0) is 9.59 Å². The highest BCUT2D eigenvalue weighted by Gasteiger charge is 2.27. The van der Waals surface area contributed by atoms with E-state index in [2.05, 4.69) is 20.6 Å². The van der Waals surface area contributed by atoms with Crippen molar-refractivity contribution < 1.29 is 14.4 Å². The molecule has 154 valence electrons. The molecule has 1 aromatic rings. The third kappa shape index (κ3) is 6.00. The van der Waals surface area contributed by atoms with Gasteiger partial charge in [0.05, 0.1) is 0 Å². The standard InChI is InChI=1S/C20H31N5O3/c1-13(2)12-15(26)25-10-6-14(7-11-25)23-18(27)16-17(22-9-8-21-16)24-19(28)20(3,4)5/h8-9,13-14H,6-7,10-12H2,1-5H3,(H,23,27)(H,22,24,28). The molecule has 1 fully saturated rings. The fourth-order valence-corrected chi connectivity index (χ4v) is 2.90. The summed E-state index contributed by atoms with van der Waals surface area (Å²) in [5.74, 6) is 0.0527. The fraction of sp³-hybridized carbons (Fsp3) is 0.650. The van der Waals surface area contributed by atoms with Gasteiger partial charge in [0.25, 0.3) is 5.91 Å². The first-order valence-electron chi connectivity index (χ1n) is 9.79. The number of aromatic nitrogens is 2. The minimum absolute atomic E-state index is 0.0382. The maximum absolute atomic E-state index is 12.7. The van der Waals surface area contributed by atoms with Crippen molar-refractivity contribution in [1.82, 2.24) is 20.2 Å². The summed E-state index contributed by atoms with van der Waals surface area (Å²) in [6.07, 6.45) is 4.80. The first kappa shape index (κ1) is 21.8. The van der Waals surface area contributed by atoms with E-state index in [-0.39, 0.29) is 35.3 Å². The quantitative estimate of drug-likeness (QED) is 0.804. The molecule has 2 N–H and O–H groups in total. The van der Waals surface area contributed by atoms with E-state index in [0.717, 1.165) is 0 Å². The van der Waals surface area contributed by atoms with E-state index >= 15 is 0 Å². The van der Waals surface area contributed by atoms with Crippen LogP contribution in [0.3, 0.4) is 0 Å². The smallest absolute Gasteiger partial charge is 0.273 e. The van der Waals surface area contributed by atoms with Crippen LogP contribution in [0.4, 0.5) is 5.82 Å². The number of hydrogen-bond acceptors (Lipinski definition) is 5. The van der Waals surface area contributed by atoms with Gasteiger partial charge in [0, 0.05) is 43.4 Å². The van der Waals surface area contributed by atoms with Gasteiger partial charge in [-0.2, -0.15) is 0 Å². The van der Waals surface area contributed by atoms with Gasteiger partial charge < -0.3 is 15.5 Å². The molecule has 0 bridgehead atoms. The van der Waals surface area contributed by atoms with Gasteiger partial charge in [0.15, 0.2) is 11.5 Å². The largest absolute Gasteiger partial charge is 0.348 e. The fourth-order valence-electron chi connectivity index (χ4n) is 2.90. The molecule has 0 atom stereocenters. The molecule has 1 aromatic heterocycles. The molecule has 0 saturated carbocycles. The zero-order valence-electron chi connectivity index (χ0n) is 17.4. The van der Waals surface area contributed by atoms with E-state index in [1.807, 2.05) is 18.7 Å². The van der Waals surface area contributed by atoms with Crippen LogP contribution in [0.25, 0.3) is 0 Å². The number of amides is 3. The maximum Gasteiger partial charge on any atom is 0.273 e. The van der Waals surface area contributed by atoms with Gasteiger partial charge in [-0.3, -0.25) is 14.4 Å². The zero-order valence-corrected chi connectivity index (χ0v) is 17.4. The second-order valence-electron chi connectivity index (χ2n) is 8.68. The van der Waals surface area contributed by atoms with Gasteiger partial charge in [-0.05, 0) is 18.8 Å². The topological polar surface area (TPSA) is 104 Å². The first-order valence-corrected chi connectivity index (χ1v) is 9.79. The van der Waals surface area contributed by atoms with Crippen LogP contribution in [0.1, 0.15) is 64.4 Å². The first-order chi connectivity index (χ1) is 13.1. The summed E-state index contributed by atoms with van der Waals surface area (Å²) in [7, 11) is 0. The number of hydrogen-bond donors (Lipinski definition) is 2. The number of rotatable bonds is 5. The predicted octanol–water partition coefficient (Wildman–Crippen LogP) is 2.23. The monoisotopic (exact) mass is 389 g/mol. The number of carbonyl (C=O) groups excluding carboxylic acids is 3. The summed E-state index contributed by atoms with van der Waals surface area (Å²) in [6.45, 7) is 10.7. The Balaban J connectivity index is 1.96. The molecule has 0 aliphatic carbocycles. The number of nitrogens with one attached hydrogen (secondary N) is 2. The Labute approximate surface area is 166 Å². The highest BCUT2D eigenvalue weighted by molar-refractivity contribution is 6.02. The molecule has 1 aliphatic rings. The average Bonchev–Trinajstić information content (AvgIpc) is 2.61.